The lowest BCUT2D eigenvalue weighted by molar-refractivity contribution is -0.147. The number of amides is 2. The topological polar surface area (TPSA) is 77.4 Å². The summed E-state index contributed by atoms with van der Waals surface area (Å²) in [7, 11) is 1.67. The van der Waals surface area contributed by atoms with Gasteiger partial charge >= 0.3 is 5.97 Å². The molecule has 120 valence electrons. The molecule has 1 aromatic heterocycles. The van der Waals surface area contributed by atoms with E-state index in [9.17, 15) is 18.8 Å². The van der Waals surface area contributed by atoms with Crippen LogP contribution < -0.4 is 5.32 Å². The van der Waals surface area contributed by atoms with Crippen molar-refractivity contribution >= 4 is 17.8 Å². The summed E-state index contributed by atoms with van der Waals surface area (Å²) in [4.78, 5) is 35.0. The Hall–Kier alpha value is -2.96. The molecule has 1 aromatic carbocycles. The second kappa shape index (κ2) is 7.35. The molecule has 0 fully saturated rings. The predicted molar refractivity (Wildman–Crippen MR) is 78.9 cm³/mol. The van der Waals surface area contributed by atoms with Crippen LogP contribution in [0.25, 0.3) is 0 Å². The number of nitrogens with zero attached hydrogens (tertiary/aromatic N) is 1. The van der Waals surface area contributed by atoms with E-state index in [-0.39, 0.29) is 6.42 Å². The number of nitrogens with one attached hydrogen (secondary N) is 1. The number of hydrogen-bond acceptors (Lipinski definition) is 4. The monoisotopic (exact) mass is 318 g/mol. The van der Waals surface area contributed by atoms with Crippen LogP contribution in [-0.4, -0.2) is 29.0 Å². The zero-order chi connectivity index (χ0) is 16.8. The first-order chi connectivity index (χ1) is 11.0. The van der Waals surface area contributed by atoms with Gasteiger partial charge in [-0.25, -0.2) is 4.39 Å². The van der Waals surface area contributed by atoms with Crippen molar-refractivity contribution in [1.82, 2.24) is 9.88 Å². The molecule has 2 aromatic rings. The predicted octanol–water partition coefficient (Wildman–Crippen LogP) is 1.21. The molecule has 0 bridgehead atoms. The minimum absolute atomic E-state index is 0.0840. The molecule has 0 unspecified atom stereocenters. The third-order valence-corrected chi connectivity index (χ3v) is 3.06. The van der Waals surface area contributed by atoms with E-state index in [1.165, 1.54) is 24.3 Å². The van der Waals surface area contributed by atoms with Crippen molar-refractivity contribution in [1.29, 1.82) is 0 Å². The van der Waals surface area contributed by atoms with Gasteiger partial charge in [0.15, 0.2) is 6.61 Å². The van der Waals surface area contributed by atoms with Crippen molar-refractivity contribution in [2.24, 2.45) is 7.05 Å². The van der Waals surface area contributed by atoms with E-state index in [0.717, 1.165) is 0 Å². The highest BCUT2D eigenvalue weighted by molar-refractivity contribution is 6.04. The average Bonchev–Trinajstić information content (AvgIpc) is 2.94. The largest absolute Gasteiger partial charge is 0.455 e. The minimum Gasteiger partial charge on any atom is -0.455 e. The van der Waals surface area contributed by atoms with Crippen molar-refractivity contribution in [3.05, 3.63) is 59.7 Å². The van der Waals surface area contributed by atoms with Gasteiger partial charge in [0, 0.05) is 13.2 Å². The number of halogens is 1. The zero-order valence-electron chi connectivity index (χ0n) is 12.4. The van der Waals surface area contributed by atoms with Crippen LogP contribution in [0.5, 0.6) is 0 Å². The van der Waals surface area contributed by atoms with Gasteiger partial charge < -0.3 is 9.30 Å². The molecule has 0 aliphatic heterocycles. The van der Waals surface area contributed by atoms with Gasteiger partial charge in [0.2, 0.25) is 0 Å². The fraction of sp³-hybridized carbons (Fsp3) is 0.188. The maximum Gasteiger partial charge on any atom is 0.310 e. The van der Waals surface area contributed by atoms with Gasteiger partial charge in [0.1, 0.15) is 11.5 Å². The number of benzene rings is 1. The van der Waals surface area contributed by atoms with E-state index in [4.69, 9.17) is 4.74 Å². The molecule has 0 atom stereocenters. The summed E-state index contributed by atoms with van der Waals surface area (Å²) >= 11 is 0. The van der Waals surface area contributed by atoms with Gasteiger partial charge in [0.25, 0.3) is 11.8 Å². The van der Waals surface area contributed by atoms with Crippen LogP contribution in [0.1, 0.15) is 16.1 Å². The molecule has 0 spiro atoms. The van der Waals surface area contributed by atoms with E-state index in [1.54, 1.807) is 29.9 Å². The molecule has 1 heterocycles. The lowest BCUT2D eigenvalue weighted by Crippen LogP contribution is -2.35. The Balaban J connectivity index is 1.77. The molecule has 7 heteroatoms. The third kappa shape index (κ3) is 4.77. The quantitative estimate of drug-likeness (QED) is 0.841. The molecule has 23 heavy (non-hydrogen) atoms. The first kappa shape index (κ1) is 16.4. The van der Waals surface area contributed by atoms with Crippen LogP contribution in [0.3, 0.4) is 0 Å². The van der Waals surface area contributed by atoms with Gasteiger partial charge in [-0.2, -0.15) is 0 Å². The molecule has 0 aliphatic carbocycles. The summed E-state index contributed by atoms with van der Waals surface area (Å²) in [6.07, 6.45) is 1.58. The molecule has 2 rings (SSSR count). The standard InChI is InChI=1S/C16H15FN2O4/c1-19-8-2-3-13(19)16(22)18-14(20)10-23-15(21)9-11-4-6-12(17)7-5-11/h2-8H,9-10H2,1H3,(H,18,20,22). The molecular formula is C16H15FN2O4. The zero-order valence-corrected chi connectivity index (χ0v) is 12.4. The van der Waals surface area contributed by atoms with E-state index in [2.05, 4.69) is 5.32 Å². The van der Waals surface area contributed by atoms with Gasteiger partial charge in [-0.05, 0) is 29.8 Å². The van der Waals surface area contributed by atoms with Gasteiger partial charge in [-0.15, -0.1) is 0 Å². The number of aromatic nitrogens is 1. The number of aryl methyl sites for hydroxylation is 1. The molecule has 1 N–H and O–H groups in total. The number of esters is 1. The summed E-state index contributed by atoms with van der Waals surface area (Å²) in [5.41, 5.74) is 0.882. The second-order valence-corrected chi connectivity index (χ2v) is 4.85. The second-order valence-electron chi connectivity index (χ2n) is 4.85. The van der Waals surface area contributed by atoms with Crippen LogP contribution in [0.2, 0.25) is 0 Å². The summed E-state index contributed by atoms with van der Waals surface area (Å²) in [6.45, 7) is -0.559. The number of hydrogen-bond donors (Lipinski definition) is 1. The SMILES string of the molecule is Cn1cccc1C(=O)NC(=O)COC(=O)Cc1ccc(F)cc1. The van der Waals surface area contributed by atoms with Crippen molar-refractivity contribution < 1.29 is 23.5 Å². The number of carbonyl (C=O) groups excluding carboxylic acids is 3. The lowest BCUT2D eigenvalue weighted by atomic mass is 10.1. The van der Waals surface area contributed by atoms with Crippen molar-refractivity contribution in [2.45, 2.75) is 6.42 Å². The summed E-state index contributed by atoms with van der Waals surface area (Å²) in [6, 6.07) is 8.60. The Morgan fingerprint density at radius 1 is 1.17 bits per heavy atom. The summed E-state index contributed by atoms with van der Waals surface area (Å²) < 4.78 is 19.1. The van der Waals surface area contributed by atoms with E-state index < -0.39 is 30.2 Å². The Morgan fingerprint density at radius 2 is 1.87 bits per heavy atom. The number of imide groups is 1. The van der Waals surface area contributed by atoms with E-state index >= 15 is 0 Å². The number of rotatable bonds is 5. The Labute approximate surface area is 131 Å². The Bertz CT molecular complexity index is 722. The number of ether oxygens (including phenoxy) is 1. The highest BCUT2D eigenvalue weighted by atomic mass is 19.1. The van der Waals surface area contributed by atoms with Gasteiger partial charge in [-0.1, -0.05) is 12.1 Å². The van der Waals surface area contributed by atoms with Crippen molar-refractivity contribution in [3.63, 3.8) is 0 Å². The molecule has 2 amide bonds. The Morgan fingerprint density at radius 3 is 2.48 bits per heavy atom. The fourth-order valence-electron chi connectivity index (χ4n) is 1.89. The molecule has 0 saturated heterocycles. The maximum atomic E-state index is 12.7. The smallest absolute Gasteiger partial charge is 0.310 e. The third-order valence-electron chi connectivity index (χ3n) is 3.06. The normalized spacial score (nSPS) is 10.2. The van der Waals surface area contributed by atoms with Crippen LogP contribution >= 0.6 is 0 Å². The van der Waals surface area contributed by atoms with Crippen LogP contribution in [-0.2, 0) is 27.8 Å². The van der Waals surface area contributed by atoms with Crippen LogP contribution in [0.4, 0.5) is 4.39 Å². The number of carbonyl (C=O) groups is 3. The highest BCUT2D eigenvalue weighted by Gasteiger charge is 2.14. The fourth-order valence-corrected chi connectivity index (χ4v) is 1.89. The molecule has 0 radical (unpaired) electrons. The summed E-state index contributed by atoms with van der Waals surface area (Å²) in [5.74, 6) is -2.33. The first-order valence-electron chi connectivity index (χ1n) is 6.81. The summed E-state index contributed by atoms with van der Waals surface area (Å²) in [5, 5.41) is 2.12. The minimum atomic E-state index is -0.719. The molecule has 6 nitrogen and oxygen atoms in total. The molecule has 0 aliphatic rings. The highest BCUT2D eigenvalue weighted by Crippen LogP contribution is 2.04. The van der Waals surface area contributed by atoms with Gasteiger partial charge in [-0.3, -0.25) is 19.7 Å². The van der Waals surface area contributed by atoms with Crippen molar-refractivity contribution in [2.75, 3.05) is 6.61 Å². The average molecular weight is 318 g/mol. The molecular weight excluding hydrogens is 303 g/mol. The molecule has 0 saturated carbocycles. The van der Waals surface area contributed by atoms with E-state index in [0.29, 0.717) is 11.3 Å². The van der Waals surface area contributed by atoms with E-state index in [1.807, 2.05) is 0 Å². The Kier molecular flexibility index (Phi) is 5.24. The first-order valence-corrected chi connectivity index (χ1v) is 6.81. The van der Waals surface area contributed by atoms with Gasteiger partial charge in [0.05, 0.1) is 6.42 Å². The van der Waals surface area contributed by atoms with Crippen molar-refractivity contribution in [3.8, 4) is 0 Å². The van der Waals surface area contributed by atoms with Crippen LogP contribution in [0.15, 0.2) is 42.6 Å². The maximum absolute atomic E-state index is 12.7. The lowest BCUT2D eigenvalue weighted by Gasteiger charge is -2.06. The van der Waals surface area contributed by atoms with Crippen LogP contribution in [0, 0.1) is 5.82 Å².